The summed E-state index contributed by atoms with van der Waals surface area (Å²) in [5.74, 6) is -2.03. The van der Waals surface area contributed by atoms with E-state index in [2.05, 4.69) is 15.6 Å². The van der Waals surface area contributed by atoms with E-state index in [1.807, 2.05) is 0 Å². The van der Waals surface area contributed by atoms with Gasteiger partial charge in [0.1, 0.15) is 5.82 Å². The van der Waals surface area contributed by atoms with Gasteiger partial charge in [0.25, 0.3) is 0 Å². The highest BCUT2D eigenvalue weighted by Crippen LogP contribution is 2.15. The molecule has 0 spiro atoms. The van der Waals surface area contributed by atoms with E-state index in [4.69, 9.17) is 5.11 Å². The van der Waals surface area contributed by atoms with Crippen molar-refractivity contribution >= 4 is 17.7 Å². The zero-order valence-corrected chi connectivity index (χ0v) is 10.3. The fourth-order valence-electron chi connectivity index (χ4n) is 1.57. The Labute approximate surface area is 113 Å². The minimum Gasteiger partial charge on any atom is -0.478 e. The van der Waals surface area contributed by atoms with Crippen LogP contribution in [0.3, 0.4) is 0 Å². The van der Waals surface area contributed by atoms with Crippen LogP contribution in [0.4, 0.5) is 14.9 Å². The van der Waals surface area contributed by atoms with Gasteiger partial charge in [-0.2, -0.15) is 0 Å². The van der Waals surface area contributed by atoms with Gasteiger partial charge in [0, 0.05) is 18.9 Å². The third-order valence-electron chi connectivity index (χ3n) is 2.58. The number of rotatable bonds is 4. The molecule has 20 heavy (non-hydrogen) atoms. The highest BCUT2D eigenvalue weighted by atomic mass is 19.1. The number of urea groups is 1. The van der Waals surface area contributed by atoms with Crippen molar-refractivity contribution in [2.24, 2.45) is 0 Å². The summed E-state index contributed by atoms with van der Waals surface area (Å²) in [5, 5.41) is 13.6. The Morgan fingerprint density at radius 1 is 1.30 bits per heavy atom. The van der Waals surface area contributed by atoms with Crippen LogP contribution in [0.5, 0.6) is 0 Å². The summed E-state index contributed by atoms with van der Waals surface area (Å²) in [6, 6.07) is 4.49. The van der Waals surface area contributed by atoms with E-state index in [9.17, 15) is 14.0 Å². The average molecular weight is 277 g/mol. The van der Waals surface area contributed by atoms with Crippen molar-refractivity contribution in [3.05, 3.63) is 53.6 Å². The number of nitrogens with one attached hydrogen (secondary N) is 3. The lowest BCUT2D eigenvalue weighted by Gasteiger charge is -2.08. The van der Waals surface area contributed by atoms with Gasteiger partial charge >= 0.3 is 12.0 Å². The Kier molecular flexibility index (Phi) is 3.99. The molecule has 1 aromatic carbocycles. The number of aromatic carboxylic acids is 1. The lowest BCUT2D eigenvalue weighted by Crippen LogP contribution is -2.28. The Morgan fingerprint density at radius 2 is 2.10 bits per heavy atom. The maximum Gasteiger partial charge on any atom is 0.335 e. The molecule has 2 aromatic rings. The van der Waals surface area contributed by atoms with E-state index < -0.39 is 17.8 Å². The Hall–Kier alpha value is -2.83. The van der Waals surface area contributed by atoms with E-state index in [1.165, 1.54) is 12.1 Å². The van der Waals surface area contributed by atoms with E-state index in [0.717, 1.165) is 11.6 Å². The lowest BCUT2D eigenvalue weighted by molar-refractivity contribution is 0.0696. The molecule has 1 heterocycles. The second-order valence-corrected chi connectivity index (χ2v) is 4.03. The van der Waals surface area contributed by atoms with Crippen LogP contribution in [-0.2, 0) is 6.54 Å². The number of halogens is 1. The van der Waals surface area contributed by atoms with Crippen molar-refractivity contribution in [3.63, 3.8) is 0 Å². The molecule has 0 bridgehead atoms. The molecule has 0 atom stereocenters. The molecule has 0 fully saturated rings. The predicted molar refractivity (Wildman–Crippen MR) is 70.0 cm³/mol. The van der Waals surface area contributed by atoms with Crippen LogP contribution in [0.15, 0.2) is 36.7 Å². The van der Waals surface area contributed by atoms with Crippen LogP contribution >= 0.6 is 0 Å². The molecule has 1 aromatic heterocycles. The number of carbonyl (C=O) groups is 2. The number of aromatic amines is 1. The summed E-state index contributed by atoms with van der Waals surface area (Å²) in [6.07, 6.45) is 3.45. The third-order valence-corrected chi connectivity index (χ3v) is 2.58. The number of carboxylic acids is 1. The fourth-order valence-corrected chi connectivity index (χ4v) is 1.57. The minimum absolute atomic E-state index is 0.0819. The minimum atomic E-state index is -1.23. The molecular formula is C13H12FN3O3. The normalized spacial score (nSPS) is 10.1. The predicted octanol–water partition coefficient (Wildman–Crippen LogP) is 2.17. The third kappa shape index (κ3) is 3.35. The number of carbonyl (C=O) groups excluding carboxylic acids is 1. The van der Waals surface area contributed by atoms with E-state index in [0.29, 0.717) is 6.54 Å². The van der Waals surface area contributed by atoms with Gasteiger partial charge in [-0.05, 0) is 29.8 Å². The van der Waals surface area contributed by atoms with Gasteiger partial charge in [-0.15, -0.1) is 0 Å². The van der Waals surface area contributed by atoms with Gasteiger partial charge in [0.2, 0.25) is 0 Å². The Bertz CT molecular complexity index is 626. The first-order chi connectivity index (χ1) is 9.56. The number of amides is 2. The summed E-state index contributed by atoms with van der Waals surface area (Å²) in [7, 11) is 0. The number of benzene rings is 1. The number of hydrogen-bond donors (Lipinski definition) is 4. The molecule has 2 rings (SSSR count). The van der Waals surface area contributed by atoms with Gasteiger partial charge in [-0.25, -0.2) is 14.0 Å². The molecular weight excluding hydrogens is 265 g/mol. The Morgan fingerprint density at radius 3 is 2.70 bits per heavy atom. The first-order valence-corrected chi connectivity index (χ1v) is 5.75. The molecule has 0 saturated carbocycles. The van der Waals surface area contributed by atoms with Gasteiger partial charge in [0.15, 0.2) is 0 Å². The maximum atomic E-state index is 13.6. The van der Waals surface area contributed by atoms with Crippen molar-refractivity contribution in [3.8, 4) is 0 Å². The molecule has 104 valence electrons. The molecule has 4 N–H and O–H groups in total. The second-order valence-electron chi connectivity index (χ2n) is 4.03. The number of H-pyrrole nitrogens is 1. The fraction of sp³-hybridized carbons (Fsp3) is 0.0769. The summed E-state index contributed by atoms with van der Waals surface area (Å²) < 4.78 is 13.6. The molecule has 0 saturated heterocycles. The summed E-state index contributed by atoms with van der Waals surface area (Å²) in [6.45, 7) is 0.296. The summed E-state index contributed by atoms with van der Waals surface area (Å²) >= 11 is 0. The second kappa shape index (κ2) is 5.87. The molecule has 0 aliphatic carbocycles. The van der Waals surface area contributed by atoms with Gasteiger partial charge < -0.3 is 20.7 Å². The highest BCUT2D eigenvalue weighted by molar-refractivity contribution is 5.91. The number of hydrogen-bond acceptors (Lipinski definition) is 2. The smallest absolute Gasteiger partial charge is 0.335 e. The molecule has 0 aliphatic rings. The SMILES string of the molecule is O=C(NCc1cc[nH]c1)Nc1ccc(C(=O)O)cc1F. The first kappa shape index (κ1) is 13.6. The van der Waals surface area contributed by atoms with Crippen molar-refractivity contribution in [2.75, 3.05) is 5.32 Å². The van der Waals surface area contributed by atoms with E-state index >= 15 is 0 Å². The number of aromatic nitrogens is 1. The highest BCUT2D eigenvalue weighted by Gasteiger charge is 2.10. The van der Waals surface area contributed by atoms with Crippen molar-refractivity contribution in [1.82, 2.24) is 10.3 Å². The Balaban J connectivity index is 1.95. The van der Waals surface area contributed by atoms with Gasteiger partial charge in [-0.1, -0.05) is 0 Å². The molecule has 2 amide bonds. The van der Waals surface area contributed by atoms with Crippen LogP contribution in [-0.4, -0.2) is 22.1 Å². The van der Waals surface area contributed by atoms with Gasteiger partial charge in [-0.3, -0.25) is 0 Å². The summed E-state index contributed by atoms with van der Waals surface area (Å²) in [5.41, 5.74) is 0.615. The van der Waals surface area contributed by atoms with Crippen LogP contribution in [0.2, 0.25) is 0 Å². The van der Waals surface area contributed by atoms with E-state index in [-0.39, 0.29) is 11.3 Å². The van der Waals surface area contributed by atoms with Crippen molar-refractivity contribution < 1.29 is 19.1 Å². The molecule has 0 aliphatic heterocycles. The standard InChI is InChI=1S/C13H12FN3O3/c14-10-5-9(12(18)19)1-2-11(10)17-13(20)16-7-8-3-4-15-6-8/h1-6,15H,7H2,(H,18,19)(H2,16,17,20). The average Bonchev–Trinajstić information content (AvgIpc) is 2.91. The molecule has 7 heteroatoms. The zero-order valence-electron chi connectivity index (χ0n) is 10.3. The van der Waals surface area contributed by atoms with Crippen LogP contribution < -0.4 is 10.6 Å². The molecule has 0 radical (unpaired) electrons. The van der Waals surface area contributed by atoms with E-state index in [1.54, 1.807) is 18.5 Å². The van der Waals surface area contributed by atoms with Crippen LogP contribution in [0.1, 0.15) is 15.9 Å². The number of anilines is 1. The van der Waals surface area contributed by atoms with Crippen LogP contribution in [0.25, 0.3) is 0 Å². The maximum absolute atomic E-state index is 13.6. The first-order valence-electron chi connectivity index (χ1n) is 5.75. The monoisotopic (exact) mass is 277 g/mol. The summed E-state index contributed by atoms with van der Waals surface area (Å²) in [4.78, 5) is 25.1. The quantitative estimate of drug-likeness (QED) is 0.690. The largest absolute Gasteiger partial charge is 0.478 e. The van der Waals surface area contributed by atoms with Crippen LogP contribution in [0, 0.1) is 5.82 Å². The zero-order chi connectivity index (χ0) is 14.5. The number of carboxylic acid groups (broad SMARTS) is 1. The topological polar surface area (TPSA) is 94.2 Å². The van der Waals surface area contributed by atoms with Gasteiger partial charge in [0.05, 0.1) is 11.3 Å². The molecule has 0 unspecified atom stereocenters. The molecule has 6 nitrogen and oxygen atoms in total. The van der Waals surface area contributed by atoms with Crippen molar-refractivity contribution in [1.29, 1.82) is 0 Å². The van der Waals surface area contributed by atoms with Crippen molar-refractivity contribution in [2.45, 2.75) is 6.54 Å². The lowest BCUT2D eigenvalue weighted by atomic mass is 10.2.